The number of ether oxygens (including phenoxy) is 1. The van der Waals surface area contributed by atoms with Gasteiger partial charge < -0.3 is 10.5 Å². The van der Waals surface area contributed by atoms with E-state index in [0.717, 1.165) is 0 Å². The molecule has 0 aromatic heterocycles. The van der Waals surface area contributed by atoms with Crippen LogP contribution < -0.4 is 5.73 Å². The smallest absolute Gasteiger partial charge is 0.249 e. The molecule has 3 nitrogen and oxygen atoms in total. The van der Waals surface area contributed by atoms with Crippen molar-refractivity contribution in [2.45, 2.75) is 33.0 Å². The zero-order valence-corrected chi connectivity index (χ0v) is 6.55. The number of carbonyl (C=O) groups excluding carboxylic acids is 1. The van der Waals surface area contributed by atoms with Gasteiger partial charge in [-0.05, 0) is 5.41 Å². The molecule has 1 aliphatic heterocycles. The van der Waals surface area contributed by atoms with Crippen LogP contribution in [0.25, 0.3) is 0 Å². The van der Waals surface area contributed by atoms with E-state index in [2.05, 4.69) is 0 Å². The number of carbonyl (C=O) groups is 1. The van der Waals surface area contributed by atoms with E-state index in [1.807, 2.05) is 20.8 Å². The average Bonchev–Trinajstić information content (AvgIpc) is 2.35. The van der Waals surface area contributed by atoms with Crippen molar-refractivity contribution in [3.63, 3.8) is 0 Å². The van der Waals surface area contributed by atoms with Crippen molar-refractivity contribution in [2.24, 2.45) is 11.1 Å². The molecule has 2 atom stereocenters. The van der Waals surface area contributed by atoms with Crippen LogP contribution in [0, 0.1) is 5.41 Å². The van der Waals surface area contributed by atoms with Gasteiger partial charge >= 0.3 is 0 Å². The van der Waals surface area contributed by atoms with E-state index in [1.54, 1.807) is 0 Å². The van der Waals surface area contributed by atoms with Gasteiger partial charge in [0.1, 0.15) is 0 Å². The first kappa shape index (κ1) is 7.54. The topological polar surface area (TPSA) is 55.6 Å². The highest BCUT2D eigenvalue weighted by Crippen LogP contribution is 2.37. The summed E-state index contributed by atoms with van der Waals surface area (Å²) >= 11 is 0. The van der Waals surface area contributed by atoms with Crippen molar-refractivity contribution in [1.29, 1.82) is 0 Å². The van der Waals surface area contributed by atoms with Crippen LogP contribution in [-0.4, -0.2) is 18.1 Å². The van der Waals surface area contributed by atoms with Gasteiger partial charge in [-0.15, -0.1) is 0 Å². The summed E-state index contributed by atoms with van der Waals surface area (Å²) in [6, 6.07) is 0. The number of primary amides is 1. The third kappa shape index (κ3) is 1.29. The summed E-state index contributed by atoms with van der Waals surface area (Å²) in [5.41, 5.74) is 5.06. The number of epoxide rings is 1. The van der Waals surface area contributed by atoms with Crippen molar-refractivity contribution in [3.05, 3.63) is 0 Å². The van der Waals surface area contributed by atoms with Crippen molar-refractivity contribution in [1.82, 2.24) is 0 Å². The van der Waals surface area contributed by atoms with E-state index in [9.17, 15) is 4.79 Å². The fraction of sp³-hybridized carbons (Fsp3) is 0.857. The summed E-state index contributed by atoms with van der Waals surface area (Å²) in [6.07, 6.45) is -0.301. The molecule has 0 saturated carbocycles. The Labute approximate surface area is 60.5 Å². The molecule has 0 aromatic rings. The van der Waals surface area contributed by atoms with Gasteiger partial charge in [0.2, 0.25) is 5.91 Å². The zero-order chi connectivity index (χ0) is 7.94. The Bertz CT molecular complexity index is 159. The van der Waals surface area contributed by atoms with E-state index in [4.69, 9.17) is 10.5 Å². The molecule has 0 aromatic carbocycles. The Morgan fingerprint density at radius 3 is 2.10 bits per heavy atom. The van der Waals surface area contributed by atoms with E-state index >= 15 is 0 Å². The first-order valence-electron chi connectivity index (χ1n) is 3.37. The fourth-order valence-electron chi connectivity index (χ4n) is 0.987. The van der Waals surface area contributed by atoms with Crippen LogP contribution in [0.2, 0.25) is 0 Å². The molecule has 1 rings (SSSR count). The Hall–Kier alpha value is -0.570. The summed E-state index contributed by atoms with van der Waals surface area (Å²) in [5.74, 6) is -0.347. The quantitative estimate of drug-likeness (QED) is 0.536. The van der Waals surface area contributed by atoms with Gasteiger partial charge in [-0.1, -0.05) is 20.8 Å². The highest BCUT2D eigenvalue weighted by molar-refractivity contribution is 5.82. The first-order chi connectivity index (χ1) is 4.43. The monoisotopic (exact) mass is 143 g/mol. The minimum atomic E-state index is -0.347. The van der Waals surface area contributed by atoms with Gasteiger partial charge in [0, 0.05) is 0 Å². The maximum absolute atomic E-state index is 10.5. The molecule has 1 fully saturated rings. The molecular formula is C7H13NO2. The Morgan fingerprint density at radius 2 is 2.00 bits per heavy atom. The van der Waals surface area contributed by atoms with E-state index in [1.165, 1.54) is 0 Å². The molecular weight excluding hydrogens is 130 g/mol. The van der Waals surface area contributed by atoms with Crippen molar-refractivity contribution < 1.29 is 9.53 Å². The van der Waals surface area contributed by atoms with Gasteiger partial charge in [-0.2, -0.15) is 0 Å². The van der Waals surface area contributed by atoms with E-state index in [-0.39, 0.29) is 23.5 Å². The summed E-state index contributed by atoms with van der Waals surface area (Å²) in [4.78, 5) is 10.5. The summed E-state index contributed by atoms with van der Waals surface area (Å²) in [7, 11) is 0. The Kier molecular flexibility index (Phi) is 1.47. The first-order valence-corrected chi connectivity index (χ1v) is 3.37. The molecule has 58 valence electrons. The van der Waals surface area contributed by atoms with Crippen LogP contribution in [0.1, 0.15) is 20.8 Å². The molecule has 2 N–H and O–H groups in total. The summed E-state index contributed by atoms with van der Waals surface area (Å²) < 4.78 is 5.07. The Morgan fingerprint density at radius 1 is 1.50 bits per heavy atom. The van der Waals surface area contributed by atoms with Crippen molar-refractivity contribution in [3.8, 4) is 0 Å². The minimum absolute atomic E-state index is 0.0324. The number of rotatable bonds is 1. The third-order valence-electron chi connectivity index (χ3n) is 1.63. The summed E-state index contributed by atoms with van der Waals surface area (Å²) in [6.45, 7) is 6.09. The lowest BCUT2D eigenvalue weighted by Crippen LogP contribution is -2.25. The largest absolute Gasteiger partial charge is 0.367 e. The van der Waals surface area contributed by atoms with Crippen LogP contribution in [-0.2, 0) is 9.53 Å². The predicted octanol–water partition coefficient (Wildman–Crippen LogP) is 0.285. The lowest BCUT2D eigenvalue weighted by molar-refractivity contribution is -0.119. The lowest BCUT2D eigenvalue weighted by Gasteiger charge is -2.13. The number of nitrogens with two attached hydrogens (primary N) is 1. The highest BCUT2D eigenvalue weighted by Gasteiger charge is 2.50. The van der Waals surface area contributed by atoms with Gasteiger partial charge in [0.25, 0.3) is 0 Å². The van der Waals surface area contributed by atoms with E-state index < -0.39 is 0 Å². The minimum Gasteiger partial charge on any atom is -0.367 e. The maximum Gasteiger partial charge on any atom is 0.249 e. The van der Waals surface area contributed by atoms with Gasteiger partial charge in [0.05, 0.1) is 6.10 Å². The van der Waals surface area contributed by atoms with Crippen LogP contribution in [0.3, 0.4) is 0 Å². The Balaban J connectivity index is 2.46. The SMILES string of the molecule is CC(C)(C)C1OC1C(N)=O. The van der Waals surface area contributed by atoms with Crippen LogP contribution in [0.15, 0.2) is 0 Å². The zero-order valence-electron chi connectivity index (χ0n) is 6.55. The van der Waals surface area contributed by atoms with Crippen molar-refractivity contribution in [2.75, 3.05) is 0 Å². The molecule has 2 unspecified atom stereocenters. The van der Waals surface area contributed by atoms with Crippen LogP contribution >= 0.6 is 0 Å². The average molecular weight is 143 g/mol. The molecule has 0 radical (unpaired) electrons. The molecule has 1 heterocycles. The van der Waals surface area contributed by atoms with Gasteiger partial charge in [-0.25, -0.2) is 0 Å². The molecule has 1 saturated heterocycles. The molecule has 10 heavy (non-hydrogen) atoms. The molecule has 0 spiro atoms. The molecule has 0 aliphatic carbocycles. The normalized spacial score (nSPS) is 31.9. The molecule has 0 bridgehead atoms. The van der Waals surface area contributed by atoms with Gasteiger partial charge in [-0.3, -0.25) is 4.79 Å². The molecule has 1 aliphatic rings. The van der Waals surface area contributed by atoms with E-state index in [0.29, 0.717) is 0 Å². The summed E-state index contributed by atoms with van der Waals surface area (Å²) in [5, 5.41) is 0. The maximum atomic E-state index is 10.5. The predicted molar refractivity (Wildman–Crippen MR) is 37.3 cm³/mol. The number of hydrogen-bond donors (Lipinski definition) is 1. The third-order valence-corrected chi connectivity index (χ3v) is 1.63. The second-order valence-electron chi connectivity index (χ2n) is 3.75. The van der Waals surface area contributed by atoms with Gasteiger partial charge in [0.15, 0.2) is 6.10 Å². The van der Waals surface area contributed by atoms with Crippen LogP contribution in [0.5, 0.6) is 0 Å². The molecule has 3 heteroatoms. The number of amides is 1. The number of hydrogen-bond acceptors (Lipinski definition) is 2. The highest BCUT2D eigenvalue weighted by atomic mass is 16.6. The fourth-order valence-corrected chi connectivity index (χ4v) is 0.987. The second kappa shape index (κ2) is 1.95. The standard InChI is InChI=1S/C7H13NO2/c1-7(2,3)5-4(10-5)6(8)9/h4-5H,1-3H3,(H2,8,9). The van der Waals surface area contributed by atoms with Crippen molar-refractivity contribution >= 4 is 5.91 Å². The lowest BCUT2D eigenvalue weighted by atomic mass is 9.90. The van der Waals surface area contributed by atoms with Crippen LogP contribution in [0.4, 0.5) is 0 Å². The second-order valence-corrected chi connectivity index (χ2v) is 3.75. The molecule has 1 amide bonds.